The molecule has 1 N–H and O–H groups in total. The number of aromatic nitrogens is 2. The average molecular weight is 365 g/mol. The molecule has 138 valence electrons. The van der Waals surface area contributed by atoms with Crippen LogP contribution in [0.4, 0.5) is 13.2 Å². The van der Waals surface area contributed by atoms with Gasteiger partial charge in [0.2, 0.25) is 5.91 Å². The van der Waals surface area contributed by atoms with Crippen molar-refractivity contribution >= 4 is 5.91 Å². The third-order valence-electron chi connectivity index (χ3n) is 4.15. The second-order valence-electron chi connectivity index (χ2n) is 6.32. The second kappa shape index (κ2) is 7.31. The van der Waals surface area contributed by atoms with Crippen LogP contribution in [-0.4, -0.2) is 22.2 Å². The number of carbonyl (C=O) groups is 1. The highest BCUT2D eigenvalue weighted by atomic mass is 19.4. The van der Waals surface area contributed by atoms with Crippen molar-refractivity contribution in [3.63, 3.8) is 0 Å². The smallest absolute Gasteiger partial charge is 0.354 e. The molecule has 0 spiro atoms. The molecule has 1 saturated carbocycles. The molecule has 26 heavy (non-hydrogen) atoms. The first-order chi connectivity index (χ1) is 12.3. The summed E-state index contributed by atoms with van der Waals surface area (Å²) in [5.41, 5.74) is 0.125. The van der Waals surface area contributed by atoms with Gasteiger partial charge in [-0.1, -0.05) is 18.2 Å². The molecule has 0 radical (unpaired) electrons. The third kappa shape index (κ3) is 4.71. The fraction of sp³-hybridized carbons (Fsp3) is 0.389. The van der Waals surface area contributed by atoms with Crippen molar-refractivity contribution in [2.75, 3.05) is 6.54 Å². The van der Waals surface area contributed by atoms with Crippen LogP contribution in [0.2, 0.25) is 0 Å². The normalized spacial score (nSPS) is 14.3. The molecule has 1 aromatic heterocycles. The standard InChI is InChI=1S/C18H18F3N3O2/c19-18(20,21)14-3-1-2-12(10-14)11-16(25)22-8-9-24-17(26)7-6-15(23-24)13-4-5-13/h1-3,6-7,10,13H,4-5,8-9,11H2,(H,22,25). The number of hydrogen-bond acceptors (Lipinski definition) is 3. The number of benzene rings is 1. The van der Waals surface area contributed by atoms with Crippen LogP contribution in [0.3, 0.4) is 0 Å². The summed E-state index contributed by atoms with van der Waals surface area (Å²) in [6.45, 7) is 0.395. The number of alkyl halides is 3. The minimum absolute atomic E-state index is 0.158. The highest BCUT2D eigenvalue weighted by Crippen LogP contribution is 2.38. The first kappa shape index (κ1) is 18.2. The van der Waals surface area contributed by atoms with Gasteiger partial charge in [-0.15, -0.1) is 0 Å². The van der Waals surface area contributed by atoms with E-state index in [1.165, 1.54) is 22.9 Å². The summed E-state index contributed by atoms with van der Waals surface area (Å²) in [6, 6.07) is 7.86. The Morgan fingerprint density at radius 3 is 2.69 bits per heavy atom. The minimum atomic E-state index is -4.44. The summed E-state index contributed by atoms with van der Waals surface area (Å²) in [6.07, 6.45) is -2.46. The van der Waals surface area contributed by atoms with Gasteiger partial charge in [0.15, 0.2) is 0 Å². The molecular weight excluding hydrogens is 347 g/mol. The van der Waals surface area contributed by atoms with Gasteiger partial charge in [-0.2, -0.15) is 18.3 Å². The van der Waals surface area contributed by atoms with E-state index in [4.69, 9.17) is 0 Å². The molecule has 0 unspecified atom stereocenters. The van der Waals surface area contributed by atoms with Crippen molar-refractivity contribution in [3.8, 4) is 0 Å². The van der Waals surface area contributed by atoms with Crippen molar-refractivity contribution in [3.05, 3.63) is 63.6 Å². The topological polar surface area (TPSA) is 64.0 Å². The number of amides is 1. The van der Waals surface area contributed by atoms with Gasteiger partial charge in [-0.05, 0) is 30.5 Å². The first-order valence-corrected chi connectivity index (χ1v) is 8.34. The molecule has 5 nitrogen and oxygen atoms in total. The summed E-state index contributed by atoms with van der Waals surface area (Å²) < 4.78 is 39.4. The van der Waals surface area contributed by atoms with E-state index >= 15 is 0 Å². The van der Waals surface area contributed by atoms with E-state index in [1.807, 2.05) is 0 Å². The number of hydrogen-bond donors (Lipinski definition) is 1. The maximum absolute atomic E-state index is 12.7. The molecule has 0 bridgehead atoms. The van der Waals surface area contributed by atoms with Gasteiger partial charge in [-0.3, -0.25) is 9.59 Å². The quantitative estimate of drug-likeness (QED) is 0.856. The van der Waals surface area contributed by atoms with Gasteiger partial charge in [0, 0.05) is 18.5 Å². The molecule has 0 aliphatic heterocycles. The second-order valence-corrected chi connectivity index (χ2v) is 6.32. The summed E-state index contributed by atoms with van der Waals surface area (Å²) in [5.74, 6) is 0.00747. The lowest BCUT2D eigenvalue weighted by Crippen LogP contribution is -2.33. The number of carbonyl (C=O) groups excluding carboxylic acids is 1. The molecule has 0 atom stereocenters. The zero-order valence-corrected chi connectivity index (χ0v) is 13.9. The molecule has 2 aromatic rings. The molecule has 1 heterocycles. The molecule has 1 aliphatic rings. The summed E-state index contributed by atoms with van der Waals surface area (Å²) in [7, 11) is 0. The lowest BCUT2D eigenvalue weighted by Gasteiger charge is -2.10. The molecule has 1 aliphatic carbocycles. The van der Waals surface area contributed by atoms with Gasteiger partial charge in [0.05, 0.1) is 24.2 Å². The summed E-state index contributed by atoms with van der Waals surface area (Å²) in [4.78, 5) is 23.7. The van der Waals surface area contributed by atoms with Crippen LogP contribution < -0.4 is 10.9 Å². The Bertz CT molecular complexity index is 857. The number of rotatable bonds is 6. The maximum atomic E-state index is 12.7. The van der Waals surface area contributed by atoms with E-state index in [1.54, 1.807) is 6.07 Å². The van der Waals surface area contributed by atoms with Gasteiger partial charge >= 0.3 is 6.18 Å². The van der Waals surface area contributed by atoms with Crippen LogP contribution in [0.25, 0.3) is 0 Å². The number of nitrogens with one attached hydrogen (secondary N) is 1. The van der Waals surface area contributed by atoms with Crippen LogP contribution in [0.5, 0.6) is 0 Å². The predicted molar refractivity (Wildman–Crippen MR) is 88.6 cm³/mol. The summed E-state index contributed by atoms with van der Waals surface area (Å²) in [5, 5.41) is 6.89. The van der Waals surface area contributed by atoms with E-state index < -0.39 is 17.6 Å². The highest BCUT2D eigenvalue weighted by molar-refractivity contribution is 5.78. The van der Waals surface area contributed by atoms with Crippen LogP contribution in [0, 0.1) is 0 Å². The van der Waals surface area contributed by atoms with Crippen LogP contribution >= 0.6 is 0 Å². The van der Waals surface area contributed by atoms with Crippen molar-refractivity contribution < 1.29 is 18.0 Å². The number of halogens is 3. The van der Waals surface area contributed by atoms with Gasteiger partial charge in [0.1, 0.15) is 0 Å². The first-order valence-electron chi connectivity index (χ1n) is 8.34. The van der Waals surface area contributed by atoms with Gasteiger partial charge < -0.3 is 5.32 Å². The third-order valence-corrected chi connectivity index (χ3v) is 4.15. The Hall–Kier alpha value is -2.64. The predicted octanol–water partition coefficient (Wildman–Crippen LogP) is 2.50. The molecule has 1 aromatic carbocycles. The Labute approximate surface area is 147 Å². The van der Waals surface area contributed by atoms with E-state index in [2.05, 4.69) is 10.4 Å². The zero-order chi connectivity index (χ0) is 18.7. The van der Waals surface area contributed by atoms with Gasteiger partial charge in [-0.25, -0.2) is 4.68 Å². The Morgan fingerprint density at radius 2 is 2.00 bits per heavy atom. The lowest BCUT2D eigenvalue weighted by molar-refractivity contribution is -0.137. The lowest BCUT2D eigenvalue weighted by atomic mass is 10.1. The number of nitrogens with zero attached hydrogens (tertiary/aromatic N) is 2. The van der Waals surface area contributed by atoms with Crippen LogP contribution in [-0.2, 0) is 23.9 Å². The largest absolute Gasteiger partial charge is 0.416 e. The monoisotopic (exact) mass is 365 g/mol. The fourth-order valence-corrected chi connectivity index (χ4v) is 2.63. The average Bonchev–Trinajstić information content (AvgIpc) is 3.41. The molecular formula is C18H18F3N3O2. The van der Waals surface area contributed by atoms with E-state index in [0.717, 1.165) is 30.7 Å². The minimum Gasteiger partial charge on any atom is -0.354 e. The maximum Gasteiger partial charge on any atom is 0.416 e. The molecule has 1 fully saturated rings. The van der Waals surface area contributed by atoms with Crippen molar-refractivity contribution in [2.45, 2.75) is 37.9 Å². The molecule has 3 rings (SSSR count). The summed E-state index contributed by atoms with van der Waals surface area (Å²) >= 11 is 0. The Balaban J connectivity index is 1.53. The Kier molecular flexibility index (Phi) is 5.11. The van der Waals surface area contributed by atoms with Crippen molar-refractivity contribution in [1.82, 2.24) is 15.1 Å². The van der Waals surface area contributed by atoms with E-state index in [0.29, 0.717) is 5.92 Å². The van der Waals surface area contributed by atoms with Crippen LogP contribution in [0.1, 0.15) is 35.6 Å². The zero-order valence-electron chi connectivity index (χ0n) is 13.9. The molecule has 1 amide bonds. The van der Waals surface area contributed by atoms with Crippen molar-refractivity contribution in [2.24, 2.45) is 0 Å². The molecule has 8 heteroatoms. The van der Waals surface area contributed by atoms with Crippen molar-refractivity contribution in [1.29, 1.82) is 0 Å². The Morgan fingerprint density at radius 1 is 1.23 bits per heavy atom. The highest BCUT2D eigenvalue weighted by Gasteiger charge is 2.30. The SMILES string of the molecule is O=C(Cc1cccc(C(F)(F)F)c1)NCCn1nc(C2CC2)ccc1=O. The molecule has 0 saturated heterocycles. The van der Waals surface area contributed by atoms with Gasteiger partial charge in [0.25, 0.3) is 5.56 Å². The fourth-order valence-electron chi connectivity index (χ4n) is 2.63. The van der Waals surface area contributed by atoms with Crippen LogP contribution in [0.15, 0.2) is 41.2 Å². The van der Waals surface area contributed by atoms with E-state index in [-0.39, 0.29) is 30.6 Å². The van der Waals surface area contributed by atoms with E-state index in [9.17, 15) is 22.8 Å².